The third-order valence-corrected chi connectivity index (χ3v) is 8.23. The summed E-state index contributed by atoms with van der Waals surface area (Å²) in [6, 6.07) is 13.6. The van der Waals surface area contributed by atoms with E-state index in [0.29, 0.717) is 18.4 Å². The smallest absolute Gasteiger partial charge is 0.408 e. The molecule has 0 spiro atoms. The molecular formula is C30H38N2O5. The van der Waals surface area contributed by atoms with Gasteiger partial charge in [-0.25, -0.2) is 9.59 Å². The molecule has 37 heavy (non-hydrogen) atoms. The molecule has 2 aromatic rings. The molecule has 1 amide bonds. The Bertz CT molecular complexity index is 1060. The van der Waals surface area contributed by atoms with Crippen LogP contribution in [0.25, 0.3) is 0 Å². The highest BCUT2D eigenvalue weighted by atomic mass is 16.6. The van der Waals surface area contributed by atoms with Gasteiger partial charge in [-0.05, 0) is 93.2 Å². The molecule has 0 bridgehead atoms. The van der Waals surface area contributed by atoms with E-state index in [1.54, 1.807) is 0 Å². The van der Waals surface area contributed by atoms with Gasteiger partial charge in [-0.1, -0.05) is 36.4 Å². The van der Waals surface area contributed by atoms with Crippen molar-refractivity contribution in [3.05, 3.63) is 65.0 Å². The van der Waals surface area contributed by atoms with E-state index in [-0.39, 0.29) is 18.6 Å². The number of fused-ring (bicyclic) bond motifs is 1. The fourth-order valence-corrected chi connectivity index (χ4v) is 5.76. The zero-order chi connectivity index (χ0) is 25.6. The van der Waals surface area contributed by atoms with E-state index in [2.05, 4.69) is 29.6 Å². The van der Waals surface area contributed by atoms with Gasteiger partial charge in [0.25, 0.3) is 0 Å². The minimum absolute atomic E-state index is 0.167. The summed E-state index contributed by atoms with van der Waals surface area (Å²) in [7, 11) is 0. The molecule has 1 heterocycles. The van der Waals surface area contributed by atoms with Crippen molar-refractivity contribution in [3.8, 4) is 0 Å². The predicted molar refractivity (Wildman–Crippen MR) is 140 cm³/mol. The number of alkyl carbamates (subject to hydrolysis) is 1. The fourth-order valence-electron chi connectivity index (χ4n) is 5.76. The Morgan fingerprint density at radius 3 is 2.57 bits per heavy atom. The van der Waals surface area contributed by atoms with Crippen LogP contribution in [0.15, 0.2) is 42.5 Å². The van der Waals surface area contributed by atoms with Gasteiger partial charge in [-0.15, -0.1) is 0 Å². The zero-order valence-electron chi connectivity index (χ0n) is 21.4. The number of hydrogen-bond acceptors (Lipinski definition) is 5. The third kappa shape index (κ3) is 6.89. The first kappa shape index (κ1) is 25.7. The summed E-state index contributed by atoms with van der Waals surface area (Å²) in [6.45, 7) is 0.306. The van der Waals surface area contributed by atoms with Gasteiger partial charge in [0.15, 0.2) is 0 Å². The molecule has 1 aromatic heterocycles. The van der Waals surface area contributed by atoms with Crippen molar-refractivity contribution in [2.24, 2.45) is 5.92 Å². The standard InChI is InChI=1S/C30H38N2O5/c33-29(34)28(32-30(35)37-26-18-23(19-26)21-6-2-1-3-7-21)14-15-36-25-16-20(17-25)10-12-24-13-11-22-8-4-5-9-27(22)31-24/h1-3,6-7,11,13,20,23,25-26,28H,4-5,8-10,12,14-19H2,(H,32,35)(H,33,34). The van der Waals surface area contributed by atoms with Crippen LogP contribution in [-0.4, -0.2) is 47.0 Å². The molecule has 0 aliphatic heterocycles. The lowest BCUT2D eigenvalue weighted by molar-refractivity contribution is -0.140. The normalized spacial score (nSPS) is 25.2. The number of carbonyl (C=O) groups is 2. The number of aryl methyl sites for hydroxylation is 3. The van der Waals surface area contributed by atoms with Gasteiger partial charge in [0.2, 0.25) is 0 Å². The van der Waals surface area contributed by atoms with Gasteiger partial charge in [0.05, 0.1) is 6.10 Å². The molecule has 198 valence electrons. The minimum atomic E-state index is -1.07. The maximum Gasteiger partial charge on any atom is 0.408 e. The highest BCUT2D eigenvalue weighted by Gasteiger charge is 2.34. The van der Waals surface area contributed by atoms with Crippen molar-refractivity contribution in [1.82, 2.24) is 10.3 Å². The Balaban J connectivity index is 0.949. The van der Waals surface area contributed by atoms with E-state index in [4.69, 9.17) is 14.5 Å². The highest BCUT2D eigenvalue weighted by Crippen LogP contribution is 2.38. The quantitative estimate of drug-likeness (QED) is 0.435. The Kier molecular flexibility index (Phi) is 8.39. The van der Waals surface area contributed by atoms with E-state index < -0.39 is 18.1 Å². The van der Waals surface area contributed by atoms with Crippen molar-refractivity contribution in [2.45, 2.75) is 94.8 Å². The van der Waals surface area contributed by atoms with Crippen LogP contribution in [0.3, 0.4) is 0 Å². The lowest BCUT2D eigenvalue weighted by Gasteiger charge is -2.36. The maximum atomic E-state index is 12.2. The molecule has 0 saturated heterocycles. The molecule has 2 N–H and O–H groups in total. The summed E-state index contributed by atoms with van der Waals surface area (Å²) in [5.41, 5.74) is 5.17. The van der Waals surface area contributed by atoms with E-state index in [1.807, 2.05) is 18.2 Å². The van der Waals surface area contributed by atoms with E-state index in [9.17, 15) is 14.7 Å². The first-order valence-corrected chi connectivity index (χ1v) is 13.9. The molecule has 2 fully saturated rings. The molecule has 7 heteroatoms. The topological polar surface area (TPSA) is 97.8 Å². The van der Waals surface area contributed by atoms with Crippen molar-refractivity contribution >= 4 is 12.1 Å². The van der Waals surface area contributed by atoms with Crippen LogP contribution in [0.5, 0.6) is 0 Å². The average molecular weight is 507 g/mol. The number of aromatic nitrogens is 1. The van der Waals surface area contributed by atoms with Gasteiger partial charge >= 0.3 is 12.1 Å². The summed E-state index contributed by atoms with van der Waals surface area (Å²) in [5.74, 6) is -0.0445. The maximum absolute atomic E-state index is 12.2. The number of amides is 1. The van der Waals surface area contributed by atoms with Crippen LogP contribution >= 0.6 is 0 Å². The number of carboxylic acids is 1. The van der Waals surface area contributed by atoms with Gasteiger partial charge in [0, 0.05) is 24.4 Å². The summed E-state index contributed by atoms with van der Waals surface area (Å²) in [6.07, 6.45) is 10.0. The average Bonchev–Trinajstić information content (AvgIpc) is 2.86. The van der Waals surface area contributed by atoms with Crippen LogP contribution in [0.1, 0.15) is 79.8 Å². The number of ether oxygens (including phenoxy) is 2. The summed E-state index contributed by atoms with van der Waals surface area (Å²) in [5, 5.41) is 12.0. The van der Waals surface area contributed by atoms with Crippen LogP contribution < -0.4 is 5.32 Å². The number of pyridine rings is 1. The molecule has 1 unspecified atom stereocenters. The van der Waals surface area contributed by atoms with Crippen LogP contribution in [-0.2, 0) is 33.5 Å². The Morgan fingerprint density at radius 2 is 1.78 bits per heavy atom. The van der Waals surface area contributed by atoms with Gasteiger partial charge < -0.3 is 19.9 Å². The van der Waals surface area contributed by atoms with Crippen molar-refractivity contribution in [2.75, 3.05) is 6.61 Å². The Morgan fingerprint density at radius 1 is 1.00 bits per heavy atom. The van der Waals surface area contributed by atoms with E-state index >= 15 is 0 Å². The lowest BCUT2D eigenvalue weighted by Crippen LogP contribution is -2.45. The monoisotopic (exact) mass is 506 g/mol. The van der Waals surface area contributed by atoms with E-state index in [0.717, 1.165) is 44.9 Å². The first-order chi connectivity index (χ1) is 18.0. The Hall–Kier alpha value is -2.93. The first-order valence-electron chi connectivity index (χ1n) is 13.9. The second-order valence-corrected chi connectivity index (χ2v) is 10.9. The fraction of sp³-hybridized carbons (Fsp3) is 0.567. The predicted octanol–water partition coefficient (Wildman–Crippen LogP) is 5.20. The summed E-state index contributed by atoms with van der Waals surface area (Å²) >= 11 is 0. The van der Waals surface area contributed by atoms with Gasteiger partial charge in [-0.2, -0.15) is 0 Å². The number of carboxylic acid groups (broad SMARTS) is 1. The molecule has 1 aromatic carbocycles. The van der Waals surface area contributed by atoms with Crippen molar-refractivity contribution < 1.29 is 24.2 Å². The zero-order valence-corrected chi connectivity index (χ0v) is 21.4. The van der Waals surface area contributed by atoms with Crippen molar-refractivity contribution in [1.29, 1.82) is 0 Å². The number of nitrogens with zero attached hydrogens (tertiary/aromatic N) is 1. The number of rotatable bonds is 11. The number of hydrogen-bond donors (Lipinski definition) is 2. The third-order valence-electron chi connectivity index (χ3n) is 8.23. The van der Waals surface area contributed by atoms with Gasteiger partial charge in [-0.3, -0.25) is 4.98 Å². The minimum Gasteiger partial charge on any atom is -0.480 e. The SMILES string of the molecule is O=C(NC(CCOC1CC(CCc2ccc3c(n2)CCCC3)C1)C(=O)O)OC1CC(c2ccccc2)C1. The second-order valence-electron chi connectivity index (χ2n) is 10.9. The molecule has 5 rings (SSSR count). The molecule has 2 saturated carbocycles. The molecule has 1 atom stereocenters. The molecule has 3 aliphatic rings. The number of carbonyl (C=O) groups excluding carboxylic acids is 1. The largest absolute Gasteiger partial charge is 0.480 e. The molecule has 7 nitrogen and oxygen atoms in total. The molecule has 0 radical (unpaired) electrons. The summed E-state index contributed by atoms with van der Waals surface area (Å²) in [4.78, 5) is 28.8. The molecular weight excluding hydrogens is 468 g/mol. The highest BCUT2D eigenvalue weighted by molar-refractivity contribution is 5.79. The van der Waals surface area contributed by atoms with Gasteiger partial charge in [0.1, 0.15) is 12.1 Å². The van der Waals surface area contributed by atoms with Crippen LogP contribution in [0, 0.1) is 5.92 Å². The molecule has 3 aliphatic carbocycles. The second kappa shape index (κ2) is 12.1. The number of benzene rings is 1. The Labute approximate surface area is 219 Å². The number of nitrogens with one attached hydrogen (secondary N) is 1. The summed E-state index contributed by atoms with van der Waals surface area (Å²) < 4.78 is 11.3. The van der Waals surface area contributed by atoms with Crippen LogP contribution in [0.4, 0.5) is 4.79 Å². The van der Waals surface area contributed by atoms with E-state index in [1.165, 1.54) is 41.8 Å². The van der Waals surface area contributed by atoms with Crippen molar-refractivity contribution in [3.63, 3.8) is 0 Å². The number of aliphatic carboxylic acids is 1. The van der Waals surface area contributed by atoms with Crippen LogP contribution in [0.2, 0.25) is 0 Å². The lowest BCUT2D eigenvalue weighted by atomic mass is 9.77.